The summed E-state index contributed by atoms with van der Waals surface area (Å²) in [5, 5.41) is 9.65. The van der Waals surface area contributed by atoms with Crippen molar-refractivity contribution in [3.8, 4) is 0 Å². The molecule has 0 saturated heterocycles. The maximum atomic E-state index is 10.9. The molecule has 0 bridgehead atoms. The van der Waals surface area contributed by atoms with Crippen molar-refractivity contribution in [3.05, 3.63) is 69.8 Å². The van der Waals surface area contributed by atoms with Gasteiger partial charge in [-0.25, -0.2) is 9.64 Å². The fraction of sp³-hybridized carbons (Fsp3) is 0.188. The number of hydrogen-bond acceptors (Lipinski definition) is 2. The van der Waals surface area contributed by atoms with Crippen molar-refractivity contribution in [2.24, 2.45) is 0 Å². The minimum atomic E-state index is -1.08. The summed E-state index contributed by atoms with van der Waals surface area (Å²) < 4.78 is 0. The molecule has 0 aliphatic rings. The predicted molar refractivity (Wildman–Crippen MR) is 80.9 cm³/mol. The van der Waals surface area contributed by atoms with Gasteiger partial charge in [0.25, 0.3) is 0 Å². The van der Waals surface area contributed by atoms with Crippen LogP contribution in [0.3, 0.4) is 0 Å². The van der Waals surface area contributed by atoms with Crippen LogP contribution < -0.4 is 0 Å². The molecule has 0 atom stereocenters. The Morgan fingerprint density at radius 3 is 2.52 bits per heavy atom. The Balaban J connectivity index is 2.05. The first kappa shape index (κ1) is 15.0. The number of benzene rings is 1. The number of nitrogens with zero attached hydrogens (tertiary/aromatic N) is 2. The molecule has 2 rings (SSSR count). The maximum absolute atomic E-state index is 10.9. The van der Waals surface area contributed by atoms with Crippen molar-refractivity contribution in [3.63, 3.8) is 0 Å². The number of aromatic nitrogens is 1. The average Bonchev–Trinajstić information content (AvgIpc) is 2.49. The molecule has 4 nitrogen and oxygen atoms in total. The third-order valence-corrected chi connectivity index (χ3v) is 3.33. The zero-order valence-corrected chi connectivity index (χ0v) is 12.0. The van der Waals surface area contributed by atoms with Gasteiger partial charge in [-0.05, 0) is 43.0 Å². The molecule has 106 valence electrons. The first-order chi connectivity index (χ1) is 10.1. The largest absolute Gasteiger partial charge is 0.477 e. The molecule has 21 heavy (non-hydrogen) atoms. The Labute approximate surface area is 127 Å². The highest BCUT2D eigenvalue weighted by Crippen LogP contribution is 2.20. The van der Waals surface area contributed by atoms with Crippen LogP contribution in [0.15, 0.2) is 36.4 Å². The second-order valence-corrected chi connectivity index (χ2v) is 5.00. The van der Waals surface area contributed by atoms with Crippen LogP contribution >= 0.6 is 11.6 Å². The lowest BCUT2D eigenvalue weighted by Gasteiger charge is -2.05. The number of carbonyl (C=O) groups is 1. The number of halogens is 1. The highest BCUT2D eigenvalue weighted by molar-refractivity contribution is 6.30. The first-order valence-corrected chi connectivity index (χ1v) is 6.83. The van der Waals surface area contributed by atoms with Gasteiger partial charge in [0.2, 0.25) is 5.69 Å². The summed E-state index contributed by atoms with van der Waals surface area (Å²) in [6.45, 7) is 7.11. The normalized spacial score (nSPS) is 10.1. The van der Waals surface area contributed by atoms with Crippen molar-refractivity contribution in [2.75, 3.05) is 0 Å². The first-order valence-electron chi connectivity index (χ1n) is 6.45. The summed E-state index contributed by atoms with van der Waals surface area (Å²) in [6.07, 6.45) is 2.19. The maximum Gasteiger partial charge on any atom is 0.354 e. The summed E-state index contributed by atoms with van der Waals surface area (Å²) in [6, 6.07) is 10.5. The molecule has 0 radical (unpaired) electrons. The second kappa shape index (κ2) is 6.87. The van der Waals surface area contributed by atoms with Gasteiger partial charge in [0.15, 0.2) is 0 Å². The Hall–Kier alpha value is -2.38. The lowest BCUT2D eigenvalue weighted by molar-refractivity contribution is 0.0690. The van der Waals surface area contributed by atoms with E-state index >= 15 is 0 Å². The summed E-state index contributed by atoms with van der Waals surface area (Å²) in [5.41, 5.74) is 2.08. The van der Waals surface area contributed by atoms with Crippen molar-refractivity contribution in [1.82, 2.24) is 4.98 Å². The predicted octanol–water partition coefficient (Wildman–Crippen LogP) is 4.16. The zero-order chi connectivity index (χ0) is 15.2. The van der Waals surface area contributed by atoms with E-state index < -0.39 is 5.97 Å². The molecule has 0 aliphatic heterocycles. The summed E-state index contributed by atoms with van der Waals surface area (Å²) in [4.78, 5) is 18.4. The van der Waals surface area contributed by atoms with E-state index in [1.54, 1.807) is 0 Å². The van der Waals surface area contributed by atoms with Gasteiger partial charge in [0, 0.05) is 10.7 Å². The molecule has 0 unspecified atom stereocenters. The van der Waals surface area contributed by atoms with E-state index in [-0.39, 0.29) is 5.69 Å². The molecular weight excluding hydrogens is 288 g/mol. The van der Waals surface area contributed by atoms with E-state index in [4.69, 9.17) is 23.3 Å². The number of hydrogen-bond donors (Lipinski definition) is 1. The molecule has 1 aromatic carbocycles. The number of rotatable bonds is 5. The van der Waals surface area contributed by atoms with Gasteiger partial charge in [-0.3, -0.25) is 4.98 Å². The molecule has 2 aromatic rings. The summed E-state index contributed by atoms with van der Waals surface area (Å²) >= 11 is 5.83. The molecule has 1 heterocycles. The summed E-state index contributed by atoms with van der Waals surface area (Å²) in [7, 11) is 0. The van der Waals surface area contributed by atoms with Crippen LogP contribution in [0.2, 0.25) is 5.02 Å². The molecule has 5 heteroatoms. The topological polar surface area (TPSA) is 54.5 Å². The number of aryl methyl sites for hydroxylation is 2. The van der Waals surface area contributed by atoms with Crippen LogP contribution in [0.4, 0.5) is 5.69 Å². The van der Waals surface area contributed by atoms with E-state index in [1.165, 1.54) is 12.1 Å². The smallest absolute Gasteiger partial charge is 0.354 e. The molecule has 0 amide bonds. The molecular formula is C16H13ClN2O2. The lowest BCUT2D eigenvalue weighted by Crippen LogP contribution is -2.03. The monoisotopic (exact) mass is 300 g/mol. The second-order valence-electron chi connectivity index (χ2n) is 4.56. The van der Waals surface area contributed by atoms with Gasteiger partial charge in [-0.1, -0.05) is 29.8 Å². The van der Waals surface area contributed by atoms with E-state index in [1.807, 2.05) is 24.3 Å². The Morgan fingerprint density at radius 2 is 1.90 bits per heavy atom. The van der Waals surface area contributed by atoms with Crippen molar-refractivity contribution in [1.29, 1.82) is 0 Å². The average molecular weight is 301 g/mol. The number of pyridine rings is 1. The fourth-order valence-corrected chi connectivity index (χ4v) is 2.14. The van der Waals surface area contributed by atoms with Crippen molar-refractivity contribution < 1.29 is 9.90 Å². The third-order valence-electron chi connectivity index (χ3n) is 3.08. The van der Waals surface area contributed by atoms with Crippen LogP contribution in [0.5, 0.6) is 0 Å². The highest BCUT2D eigenvalue weighted by atomic mass is 35.5. The zero-order valence-electron chi connectivity index (χ0n) is 11.2. The molecule has 0 aliphatic carbocycles. The highest BCUT2D eigenvalue weighted by Gasteiger charge is 2.10. The Kier molecular flexibility index (Phi) is 4.91. The van der Waals surface area contributed by atoms with Gasteiger partial charge >= 0.3 is 5.97 Å². The third kappa shape index (κ3) is 4.04. The van der Waals surface area contributed by atoms with Crippen molar-refractivity contribution >= 4 is 23.3 Å². The van der Waals surface area contributed by atoms with Crippen molar-refractivity contribution in [2.45, 2.75) is 19.3 Å². The summed E-state index contributed by atoms with van der Waals surface area (Å²) in [5.74, 6) is -1.08. The quantitative estimate of drug-likeness (QED) is 0.844. The number of carboxylic acids is 1. The number of carboxylic acid groups (broad SMARTS) is 1. The standard InChI is InChI=1S/C16H13ClN2O2/c1-18-13-9-10-15(16(20)21)19-14(13)4-2-3-11-5-7-12(17)8-6-11/h5-10H,2-4H2,(H,20,21). The van der Waals surface area contributed by atoms with Crippen LogP contribution in [0.25, 0.3) is 4.85 Å². The van der Waals surface area contributed by atoms with E-state index in [9.17, 15) is 4.79 Å². The van der Waals surface area contributed by atoms with E-state index in [0.717, 1.165) is 18.4 Å². The molecule has 0 saturated carbocycles. The lowest BCUT2D eigenvalue weighted by atomic mass is 10.1. The minimum Gasteiger partial charge on any atom is -0.477 e. The van der Waals surface area contributed by atoms with Gasteiger partial charge in [-0.2, -0.15) is 0 Å². The van der Waals surface area contributed by atoms with Gasteiger partial charge < -0.3 is 5.11 Å². The molecule has 1 aromatic heterocycles. The van der Waals surface area contributed by atoms with Gasteiger partial charge in [-0.15, -0.1) is 0 Å². The fourth-order valence-electron chi connectivity index (χ4n) is 2.01. The van der Waals surface area contributed by atoms with E-state index in [2.05, 4.69) is 9.83 Å². The van der Waals surface area contributed by atoms with Gasteiger partial charge in [0.05, 0.1) is 6.57 Å². The number of aromatic carboxylic acids is 1. The van der Waals surface area contributed by atoms with Crippen LogP contribution in [-0.2, 0) is 12.8 Å². The molecule has 0 spiro atoms. The van der Waals surface area contributed by atoms with Crippen LogP contribution in [0, 0.1) is 6.57 Å². The SMILES string of the molecule is [C-]#[N+]c1ccc(C(=O)O)nc1CCCc1ccc(Cl)cc1. The van der Waals surface area contributed by atoms with Crippen LogP contribution in [0.1, 0.15) is 28.2 Å². The van der Waals surface area contributed by atoms with Crippen LogP contribution in [-0.4, -0.2) is 16.1 Å². The van der Waals surface area contributed by atoms with E-state index in [0.29, 0.717) is 22.8 Å². The Bertz CT molecular complexity index is 690. The minimum absolute atomic E-state index is 0.0242. The Morgan fingerprint density at radius 1 is 1.19 bits per heavy atom. The molecule has 1 N–H and O–H groups in total. The molecule has 0 fully saturated rings. The van der Waals surface area contributed by atoms with Gasteiger partial charge in [0.1, 0.15) is 5.69 Å².